The second-order valence-corrected chi connectivity index (χ2v) is 9.19. The Morgan fingerprint density at radius 3 is 2.58 bits per heavy atom. The molecular formula is C25H16BrNO5S. The van der Waals surface area contributed by atoms with Crippen LogP contribution in [0, 0.1) is 0 Å². The first kappa shape index (κ1) is 21.4. The minimum absolute atomic E-state index is 0.0508. The second-order valence-electron chi connectivity index (χ2n) is 7.19. The molecule has 0 fully saturated rings. The number of aromatic nitrogens is 1. The average Bonchev–Trinajstić information content (AvgIpc) is 2.82. The SMILES string of the molecule is COc1cccc(-n2c(=O)c3c(O)c(Sc4cccc(Br)c4)c(=O)oc3c3ccccc32)c1. The smallest absolute Gasteiger partial charge is 0.354 e. The van der Waals surface area contributed by atoms with Gasteiger partial charge in [-0.3, -0.25) is 9.36 Å². The van der Waals surface area contributed by atoms with Crippen LogP contribution in [-0.2, 0) is 0 Å². The number of pyridine rings is 1. The highest BCUT2D eigenvalue weighted by molar-refractivity contribution is 9.10. The van der Waals surface area contributed by atoms with Gasteiger partial charge in [-0.15, -0.1) is 0 Å². The lowest BCUT2D eigenvalue weighted by atomic mass is 10.1. The van der Waals surface area contributed by atoms with Crippen molar-refractivity contribution in [3.63, 3.8) is 0 Å². The number of methoxy groups -OCH3 is 1. The van der Waals surface area contributed by atoms with Crippen LogP contribution in [0.15, 0.2) is 101 Å². The maximum absolute atomic E-state index is 13.7. The summed E-state index contributed by atoms with van der Waals surface area (Å²) >= 11 is 4.43. The molecule has 6 nitrogen and oxygen atoms in total. The third-order valence-corrected chi connectivity index (χ3v) is 6.74. The van der Waals surface area contributed by atoms with Crippen LogP contribution in [0.3, 0.4) is 0 Å². The van der Waals surface area contributed by atoms with Gasteiger partial charge in [-0.1, -0.05) is 52.0 Å². The molecule has 0 spiro atoms. The number of benzene rings is 3. The summed E-state index contributed by atoms with van der Waals surface area (Å²) in [5.41, 5.74) is -0.0683. The van der Waals surface area contributed by atoms with Gasteiger partial charge in [-0.2, -0.15) is 0 Å². The number of nitrogens with zero attached hydrogens (tertiary/aromatic N) is 1. The molecule has 0 saturated heterocycles. The van der Waals surface area contributed by atoms with Gasteiger partial charge in [0, 0.05) is 20.8 Å². The van der Waals surface area contributed by atoms with E-state index < -0.39 is 16.9 Å². The maximum Gasteiger partial charge on any atom is 0.354 e. The van der Waals surface area contributed by atoms with E-state index in [1.165, 1.54) is 4.57 Å². The van der Waals surface area contributed by atoms with Crippen LogP contribution in [0.1, 0.15) is 0 Å². The molecule has 0 atom stereocenters. The van der Waals surface area contributed by atoms with Crippen LogP contribution >= 0.6 is 27.7 Å². The largest absolute Gasteiger partial charge is 0.505 e. The van der Waals surface area contributed by atoms with Crippen LogP contribution < -0.4 is 15.9 Å². The van der Waals surface area contributed by atoms with E-state index in [-0.39, 0.29) is 15.9 Å². The molecule has 0 bridgehead atoms. The zero-order valence-corrected chi connectivity index (χ0v) is 19.6. The third-order valence-electron chi connectivity index (χ3n) is 5.19. The molecular weight excluding hydrogens is 506 g/mol. The van der Waals surface area contributed by atoms with E-state index in [1.54, 1.807) is 61.7 Å². The van der Waals surface area contributed by atoms with Gasteiger partial charge in [-0.05, 0) is 42.5 Å². The molecule has 2 heterocycles. The predicted octanol–water partition coefficient (Wildman–Crippen LogP) is 5.73. The van der Waals surface area contributed by atoms with Crippen molar-refractivity contribution in [3.05, 3.63) is 98.0 Å². The summed E-state index contributed by atoms with van der Waals surface area (Å²) in [5, 5.41) is 11.6. The molecule has 5 aromatic rings. The zero-order valence-electron chi connectivity index (χ0n) is 17.2. The van der Waals surface area contributed by atoms with Crippen LogP contribution in [0.4, 0.5) is 0 Å². The number of para-hydroxylation sites is 1. The van der Waals surface area contributed by atoms with Crippen LogP contribution in [0.25, 0.3) is 27.6 Å². The fraction of sp³-hybridized carbons (Fsp3) is 0.0400. The first-order valence-electron chi connectivity index (χ1n) is 9.89. The van der Waals surface area contributed by atoms with E-state index in [1.807, 2.05) is 18.2 Å². The molecule has 2 aromatic heterocycles. The Hall–Kier alpha value is -3.49. The highest BCUT2D eigenvalue weighted by atomic mass is 79.9. The molecule has 0 aliphatic rings. The molecule has 0 aliphatic heterocycles. The van der Waals surface area contributed by atoms with Crippen molar-refractivity contribution in [1.82, 2.24) is 4.57 Å². The fourth-order valence-corrected chi connectivity index (χ4v) is 5.16. The van der Waals surface area contributed by atoms with Gasteiger partial charge in [0.15, 0.2) is 11.3 Å². The minimum atomic E-state index is -0.714. The second kappa shape index (κ2) is 8.46. The van der Waals surface area contributed by atoms with E-state index in [0.29, 0.717) is 27.2 Å². The Bertz CT molecular complexity index is 1660. The van der Waals surface area contributed by atoms with E-state index in [9.17, 15) is 14.7 Å². The number of hydrogen-bond acceptors (Lipinski definition) is 6. The Morgan fingerprint density at radius 2 is 1.79 bits per heavy atom. The van der Waals surface area contributed by atoms with E-state index in [2.05, 4.69) is 15.9 Å². The Balaban J connectivity index is 1.86. The summed E-state index contributed by atoms with van der Waals surface area (Å²) in [6, 6.07) is 21.4. The number of aromatic hydroxyl groups is 1. The molecule has 0 amide bonds. The molecule has 0 unspecified atom stereocenters. The van der Waals surface area contributed by atoms with Crippen molar-refractivity contribution in [2.45, 2.75) is 9.79 Å². The van der Waals surface area contributed by atoms with Crippen molar-refractivity contribution < 1.29 is 14.3 Å². The molecule has 5 rings (SSSR count). The third kappa shape index (κ3) is 3.71. The van der Waals surface area contributed by atoms with Crippen molar-refractivity contribution in [3.8, 4) is 17.2 Å². The summed E-state index contributed by atoms with van der Waals surface area (Å²) in [6.07, 6.45) is 0. The minimum Gasteiger partial charge on any atom is -0.505 e. The summed E-state index contributed by atoms with van der Waals surface area (Å²) in [4.78, 5) is 27.2. The standard InChI is InChI=1S/C25H16BrNO5S/c1-31-16-8-5-7-15(13-16)27-19-11-3-2-10-18(19)22-20(24(27)29)21(28)23(25(30)32-22)33-17-9-4-6-14(26)12-17/h2-13,28H,1H3. The van der Waals surface area contributed by atoms with Gasteiger partial charge in [0.05, 0.1) is 18.3 Å². The van der Waals surface area contributed by atoms with Gasteiger partial charge in [0.1, 0.15) is 16.0 Å². The average molecular weight is 522 g/mol. The lowest BCUT2D eigenvalue weighted by Crippen LogP contribution is -2.20. The van der Waals surface area contributed by atoms with E-state index in [4.69, 9.17) is 9.15 Å². The molecule has 0 radical (unpaired) electrons. The first-order valence-corrected chi connectivity index (χ1v) is 11.5. The summed E-state index contributed by atoms with van der Waals surface area (Å²) in [6.45, 7) is 0. The van der Waals surface area contributed by atoms with Crippen LogP contribution in [-0.4, -0.2) is 16.8 Å². The van der Waals surface area contributed by atoms with Crippen molar-refractivity contribution >= 4 is 49.6 Å². The molecule has 3 aromatic carbocycles. The summed E-state index contributed by atoms with van der Waals surface area (Å²) in [5.74, 6) is 0.178. The Morgan fingerprint density at radius 1 is 1.00 bits per heavy atom. The monoisotopic (exact) mass is 521 g/mol. The lowest BCUT2D eigenvalue weighted by molar-refractivity contribution is 0.414. The van der Waals surface area contributed by atoms with Crippen LogP contribution in [0.2, 0.25) is 0 Å². The Kier molecular flexibility index (Phi) is 5.47. The number of fused-ring (bicyclic) bond motifs is 3. The van der Waals surface area contributed by atoms with Crippen molar-refractivity contribution in [2.75, 3.05) is 7.11 Å². The molecule has 8 heteroatoms. The van der Waals surface area contributed by atoms with Crippen LogP contribution in [0.5, 0.6) is 11.5 Å². The molecule has 1 N–H and O–H groups in total. The molecule has 164 valence electrons. The molecule has 0 aliphatic carbocycles. The topological polar surface area (TPSA) is 81.7 Å². The quantitative estimate of drug-likeness (QED) is 0.304. The molecule has 33 heavy (non-hydrogen) atoms. The lowest BCUT2D eigenvalue weighted by Gasteiger charge is -2.14. The Labute approximate surface area is 200 Å². The van der Waals surface area contributed by atoms with Gasteiger partial charge >= 0.3 is 5.63 Å². The van der Waals surface area contributed by atoms with Crippen molar-refractivity contribution in [1.29, 1.82) is 0 Å². The molecule has 0 saturated carbocycles. The maximum atomic E-state index is 13.7. The first-order chi connectivity index (χ1) is 16.0. The van der Waals surface area contributed by atoms with E-state index in [0.717, 1.165) is 16.2 Å². The summed E-state index contributed by atoms with van der Waals surface area (Å²) in [7, 11) is 1.55. The van der Waals surface area contributed by atoms with Crippen molar-refractivity contribution in [2.24, 2.45) is 0 Å². The highest BCUT2D eigenvalue weighted by Crippen LogP contribution is 2.38. The van der Waals surface area contributed by atoms with E-state index >= 15 is 0 Å². The number of hydrogen-bond donors (Lipinski definition) is 1. The number of halogens is 1. The van der Waals surface area contributed by atoms with Gasteiger partial charge < -0.3 is 14.3 Å². The van der Waals surface area contributed by atoms with Gasteiger partial charge in [0.2, 0.25) is 0 Å². The predicted molar refractivity (Wildman–Crippen MR) is 132 cm³/mol. The normalized spacial score (nSPS) is 11.2. The fourth-order valence-electron chi connectivity index (χ4n) is 3.72. The number of ether oxygens (including phenoxy) is 1. The highest BCUT2D eigenvalue weighted by Gasteiger charge is 2.23. The van der Waals surface area contributed by atoms with Gasteiger partial charge in [0.25, 0.3) is 5.56 Å². The number of rotatable bonds is 4. The zero-order chi connectivity index (χ0) is 23.1. The summed E-state index contributed by atoms with van der Waals surface area (Å²) < 4.78 is 13.2. The van der Waals surface area contributed by atoms with Gasteiger partial charge in [-0.25, -0.2) is 4.79 Å².